The van der Waals surface area contributed by atoms with Crippen molar-refractivity contribution in [2.24, 2.45) is 0 Å². The monoisotopic (exact) mass is 265 g/mol. The second-order valence-corrected chi connectivity index (χ2v) is 4.37. The van der Waals surface area contributed by atoms with Gasteiger partial charge in [-0.25, -0.2) is 4.79 Å². The SMILES string of the molecule is CCC(CC)(NC(=O)C=Cc1ccc(C)o1)C(=O)O. The fraction of sp³-hybridized carbons (Fsp3) is 0.429. The predicted molar refractivity (Wildman–Crippen MR) is 71.6 cm³/mol. The van der Waals surface area contributed by atoms with Crippen LogP contribution in [0.5, 0.6) is 0 Å². The van der Waals surface area contributed by atoms with Crippen molar-refractivity contribution in [1.29, 1.82) is 0 Å². The van der Waals surface area contributed by atoms with Crippen LogP contribution in [0.3, 0.4) is 0 Å². The fourth-order valence-corrected chi connectivity index (χ4v) is 1.76. The Kier molecular flexibility index (Phi) is 4.92. The van der Waals surface area contributed by atoms with Crippen LogP contribution in [-0.2, 0) is 9.59 Å². The summed E-state index contributed by atoms with van der Waals surface area (Å²) in [6.45, 7) is 5.27. The molecule has 1 rings (SSSR count). The summed E-state index contributed by atoms with van der Waals surface area (Å²) in [7, 11) is 0. The maximum Gasteiger partial charge on any atom is 0.329 e. The second-order valence-electron chi connectivity index (χ2n) is 4.37. The highest BCUT2D eigenvalue weighted by molar-refractivity contribution is 5.95. The standard InChI is InChI=1S/C14H19NO4/c1-4-14(5-2,13(17)18)15-12(16)9-8-11-7-6-10(3)19-11/h6-9H,4-5H2,1-3H3,(H,15,16)(H,17,18). The van der Waals surface area contributed by atoms with Gasteiger partial charge in [-0.15, -0.1) is 0 Å². The lowest BCUT2D eigenvalue weighted by atomic mass is 9.93. The van der Waals surface area contributed by atoms with Gasteiger partial charge >= 0.3 is 5.97 Å². The smallest absolute Gasteiger partial charge is 0.329 e. The molecular weight excluding hydrogens is 246 g/mol. The van der Waals surface area contributed by atoms with E-state index in [1.807, 2.05) is 0 Å². The highest BCUT2D eigenvalue weighted by atomic mass is 16.4. The number of aliphatic carboxylic acids is 1. The van der Waals surface area contributed by atoms with Crippen LogP contribution in [0.2, 0.25) is 0 Å². The van der Waals surface area contributed by atoms with E-state index >= 15 is 0 Å². The Labute approximate surface area is 112 Å². The molecule has 0 fully saturated rings. The van der Waals surface area contributed by atoms with Gasteiger partial charge in [0, 0.05) is 6.08 Å². The number of hydrogen-bond donors (Lipinski definition) is 2. The quantitative estimate of drug-likeness (QED) is 0.774. The summed E-state index contributed by atoms with van der Waals surface area (Å²) in [5, 5.41) is 11.7. The number of nitrogens with one attached hydrogen (secondary N) is 1. The summed E-state index contributed by atoms with van der Waals surface area (Å²) in [5.74, 6) is -0.156. The zero-order valence-electron chi connectivity index (χ0n) is 11.4. The molecule has 0 aliphatic carbocycles. The summed E-state index contributed by atoms with van der Waals surface area (Å²) in [6.07, 6.45) is 3.46. The molecule has 1 heterocycles. The van der Waals surface area contributed by atoms with Crippen molar-refractivity contribution < 1.29 is 19.1 Å². The van der Waals surface area contributed by atoms with E-state index in [4.69, 9.17) is 4.42 Å². The van der Waals surface area contributed by atoms with Gasteiger partial charge in [0.05, 0.1) is 0 Å². The summed E-state index contributed by atoms with van der Waals surface area (Å²) in [4.78, 5) is 23.0. The normalized spacial score (nSPS) is 11.7. The molecule has 19 heavy (non-hydrogen) atoms. The highest BCUT2D eigenvalue weighted by Crippen LogP contribution is 2.15. The van der Waals surface area contributed by atoms with E-state index in [-0.39, 0.29) is 0 Å². The van der Waals surface area contributed by atoms with Crippen LogP contribution in [-0.4, -0.2) is 22.5 Å². The summed E-state index contributed by atoms with van der Waals surface area (Å²) in [6, 6.07) is 3.53. The van der Waals surface area contributed by atoms with E-state index in [0.29, 0.717) is 18.6 Å². The lowest BCUT2D eigenvalue weighted by molar-refractivity contribution is -0.147. The molecule has 0 aliphatic rings. The fourth-order valence-electron chi connectivity index (χ4n) is 1.76. The minimum absolute atomic E-state index is 0.332. The number of carbonyl (C=O) groups is 2. The zero-order chi connectivity index (χ0) is 14.5. The van der Waals surface area contributed by atoms with Crippen molar-refractivity contribution in [2.75, 3.05) is 0 Å². The third-order valence-corrected chi connectivity index (χ3v) is 3.14. The number of carbonyl (C=O) groups excluding carboxylic acids is 1. The Morgan fingerprint density at radius 1 is 1.37 bits per heavy atom. The molecule has 0 aromatic carbocycles. The van der Waals surface area contributed by atoms with E-state index in [0.717, 1.165) is 5.76 Å². The van der Waals surface area contributed by atoms with Gasteiger partial charge in [0.2, 0.25) is 5.91 Å². The molecule has 1 amide bonds. The van der Waals surface area contributed by atoms with Gasteiger partial charge in [-0.1, -0.05) is 13.8 Å². The van der Waals surface area contributed by atoms with E-state index in [9.17, 15) is 14.7 Å². The highest BCUT2D eigenvalue weighted by Gasteiger charge is 2.35. The molecule has 104 valence electrons. The minimum Gasteiger partial charge on any atom is -0.480 e. The Bertz CT molecular complexity index is 483. The molecule has 0 bridgehead atoms. The van der Waals surface area contributed by atoms with Gasteiger partial charge in [-0.05, 0) is 38.0 Å². The van der Waals surface area contributed by atoms with Gasteiger partial charge in [0.15, 0.2) is 0 Å². The van der Waals surface area contributed by atoms with Crippen molar-refractivity contribution in [3.8, 4) is 0 Å². The third kappa shape index (κ3) is 3.71. The average molecular weight is 265 g/mol. The number of carboxylic acid groups (broad SMARTS) is 1. The summed E-state index contributed by atoms with van der Waals surface area (Å²) < 4.78 is 5.28. The maximum absolute atomic E-state index is 11.8. The van der Waals surface area contributed by atoms with Gasteiger partial charge in [0.25, 0.3) is 0 Å². The second kappa shape index (κ2) is 6.22. The van der Waals surface area contributed by atoms with Crippen LogP contribution in [0, 0.1) is 6.92 Å². The van der Waals surface area contributed by atoms with Crippen molar-refractivity contribution in [3.05, 3.63) is 29.7 Å². The third-order valence-electron chi connectivity index (χ3n) is 3.14. The van der Waals surface area contributed by atoms with Gasteiger partial charge in [-0.2, -0.15) is 0 Å². The average Bonchev–Trinajstić information content (AvgIpc) is 2.79. The lowest BCUT2D eigenvalue weighted by Crippen LogP contribution is -2.53. The van der Waals surface area contributed by atoms with E-state index in [1.54, 1.807) is 32.9 Å². The van der Waals surface area contributed by atoms with Gasteiger partial charge in [-0.3, -0.25) is 4.79 Å². The first-order valence-electron chi connectivity index (χ1n) is 6.23. The summed E-state index contributed by atoms with van der Waals surface area (Å²) >= 11 is 0. The van der Waals surface area contributed by atoms with E-state index in [2.05, 4.69) is 5.32 Å². The molecular formula is C14H19NO4. The number of rotatable bonds is 6. The Morgan fingerprint density at radius 3 is 2.42 bits per heavy atom. The molecule has 1 aromatic rings. The summed E-state index contributed by atoms with van der Waals surface area (Å²) in [5.41, 5.74) is -1.21. The number of amides is 1. The largest absolute Gasteiger partial charge is 0.480 e. The molecule has 1 aromatic heterocycles. The van der Waals surface area contributed by atoms with E-state index in [1.165, 1.54) is 12.2 Å². The molecule has 2 N–H and O–H groups in total. The molecule has 0 unspecified atom stereocenters. The number of carboxylic acids is 1. The van der Waals surface area contributed by atoms with Crippen molar-refractivity contribution in [3.63, 3.8) is 0 Å². The van der Waals surface area contributed by atoms with Crippen LogP contribution in [0.25, 0.3) is 6.08 Å². The first-order chi connectivity index (χ1) is 8.93. The van der Waals surface area contributed by atoms with Gasteiger partial charge < -0.3 is 14.8 Å². The first-order valence-corrected chi connectivity index (χ1v) is 6.23. The molecule has 5 heteroatoms. The van der Waals surface area contributed by atoms with E-state index < -0.39 is 17.4 Å². The Hall–Kier alpha value is -2.04. The Morgan fingerprint density at radius 2 is 2.00 bits per heavy atom. The van der Waals surface area contributed by atoms with Crippen LogP contribution < -0.4 is 5.32 Å². The first kappa shape index (κ1) is 15.0. The van der Waals surface area contributed by atoms with Crippen LogP contribution in [0.15, 0.2) is 22.6 Å². The van der Waals surface area contributed by atoms with Crippen molar-refractivity contribution >= 4 is 18.0 Å². The predicted octanol–water partition coefficient (Wildman–Crippen LogP) is 2.36. The van der Waals surface area contributed by atoms with Crippen LogP contribution >= 0.6 is 0 Å². The number of hydrogen-bond acceptors (Lipinski definition) is 3. The molecule has 5 nitrogen and oxygen atoms in total. The zero-order valence-corrected chi connectivity index (χ0v) is 11.4. The maximum atomic E-state index is 11.8. The molecule has 0 aliphatic heterocycles. The molecule has 0 saturated heterocycles. The lowest BCUT2D eigenvalue weighted by Gasteiger charge is -2.27. The minimum atomic E-state index is -1.21. The molecule has 0 spiro atoms. The topological polar surface area (TPSA) is 79.5 Å². The van der Waals surface area contributed by atoms with Crippen molar-refractivity contribution in [1.82, 2.24) is 5.32 Å². The van der Waals surface area contributed by atoms with Crippen molar-refractivity contribution in [2.45, 2.75) is 39.2 Å². The molecule has 0 radical (unpaired) electrons. The van der Waals surface area contributed by atoms with Gasteiger partial charge in [0.1, 0.15) is 17.1 Å². The molecule has 0 saturated carbocycles. The van der Waals surface area contributed by atoms with Crippen LogP contribution in [0.4, 0.5) is 0 Å². The Balaban J connectivity index is 2.73. The molecule has 0 atom stereocenters. The number of furan rings is 1. The van der Waals surface area contributed by atoms with Crippen LogP contribution in [0.1, 0.15) is 38.2 Å². The number of aryl methyl sites for hydroxylation is 1.